The Balaban J connectivity index is 2.23. The van der Waals surface area contributed by atoms with Gasteiger partial charge in [-0.05, 0) is 13.0 Å². The van der Waals surface area contributed by atoms with Crippen LogP contribution in [0.15, 0.2) is 29.1 Å². The van der Waals surface area contributed by atoms with Crippen molar-refractivity contribution >= 4 is 11.9 Å². The van der Waals surface area contributed by atoms with Gasteiger partial charge in [-0.2, -0.15) is 4.98 Å². The van der Waals surface area contributed by atoms with E-state index in [0.29, 0.717) is 16.8 Å². The van der Waals surface area contributed by atoms with Gasteiger partial charge in [-0.25, -0.2) is 0 Å². The first-order valence-electron chi connectivity index (χ1n) is 5.57. The molecule has 0 saturated heterocycles. The average molecular weight is 256 g/mol. The average Bonchev–Trinajstić information content (AvgIpc) is 2.82. The number of anilines is 1. The van der Waals surface area contributed by atoms with Crippen LogP contribution in [0, 0.1) is 18.8 Å². The molecule has 0 bridgehead atoms. The largest absolute Gasteiger partial charge is 0.432 e. The molecule has 1 amide bonds. The van der Waals surface area contributed by atoms with E-state index in [9.17, 15) is 4.79 Å². The van der Waals surface area contributed by atoms with Crippen molar-refractivity contribution in [1.29, 1.82) is 0 Å². The van der Waals surface area contributed by atoms with Gasteiger partial charge in [0.25, 0.3) is 5.91 Å². The van der Waals surface area contributed by atoms with Crippen LogP contribution >= 0.6 is 0 Å². The van der Waals surface area contributed by atoms with E-state index in [2.05, 4.69) is 27.1 Å². The Morgan fingerprint density at radius 2 is 2.42 bits per heavy atom. The fraction of sp³-hybridized carbons (Fsp3) is 0.154. The summed E-state index contributed by atoms with van der Waals surface area (Å²) < 4.78 is 5.06. The molecule has 0 radical (unpaired) electrons. The Kier molecular flexibility index (Phi) is 3.90. The number of hydrogen-bond acceptors (Lipinski definition) is 5. The maximum Gasteiger partial charge on any atom is 0.301 e. The number of oxazole rings is 1. The molecule has 3 N–H and O–H groups in total. The molecule has 2 aromatic heterocycles. The number of pyridine rings is 1. The predicted octanol–water partition coefficient (Wildman–Crippen LogP) is 0.941. The number of aryl methyl sites for hydroxylation is 1. The first-order chi connectivity index (χ1) is 9.20. The molecule has 2 aromatic rings. The van der Waals surface area contributed by atoms with Crippen LogP contribution in [-0.2, 0) is 0 Å². The number of amides is 1. The quantitative estimate of drug-likeness (QED) is 0.780. The third kappa shape index (κ3) is 3.18. The van der Waals surface area contributed by atoms with Crippen molar-refractivity contribution in [3.05, 3.63) is 41.5 Å². The molecule has 0 fully saturated rings. The molecule has 0 spiro atoms. The second-order valence-corrected chi connectivity index (χ2v) is 3.68. The Hall–Kier alpha value is -2.65. The van der Waals surface area contributed by atoms with Crippen molar-refractivity contribution in [2.75, 3.05) is 11.9 Å². The number of nitrogens with zero attached hydrogens (tertiary/aromatic N) is 2. The zero-order chi connectivity index (χ0) is 13.7. The van der Waals surface area contributed by atoms with Crippen molar-refractivity contribution in [2.24, 2.45) is 5.73 Å². The van der Waals surface area contributed by atoms with Crippen LogP contribution in [0.1, 0.15) is 21.6 Å². The third-order valence-corrected chi connectivity index (χ3v) is 2.23. The number of hydrogen-bond donors (Lipinski definition) is 2. The smallest absolute Gasteiger partial charge is 0.301 e. The van der Waals surface area contributed by atoms with Gasteiger partial charge < -0.3 is 10.2 Å². The molecule has 0 aliphatic rings. The number of aromatic nitrogens is 2. The predicted molar refractivity (Wildman–Crippen MR) is 69.4 cm³/mol. The summed E-state index contributed by atoms with van der Waals surface area (Å²) in [4.78, 5) is 20.0. The molecule has 0 aliphatic heterocycles. The lowest BCUT2D eigenvalue weighted by Crippen LogP contribution is -2.14. The van der Waals surface area contributed by atoms with E-state index >= 15 is 0 Å². The van der Waals surface area contributed by atoms with Crippen LogP contribution < -0.4 is 11.1 Å². The second-order valence-electron chi connectivity index (χ2n) is 3.68. The summed E-state index contributed by atoms with van der Waals surface area (Å²) in [5, 5.41) is 2.55. The molecule has 0 saturated carbocycles. The third-order valence-electron chi connectivity index (χ3n) is 2.23. The standard InChI is InChI=1S/C13H12N4O2/c1-9-8-19-13(16-9)17-12(18)11-4-6-15-7-10(11)3-2-5-14/h4,6-8H,5,14H2,1H3,(H,16,17,18). The van der Waals surface area contributed by atoms with Crippen LogP contribution in [-0.4, -0.2) is 22.4 Å². The van der Waals surface area contributed by atoms with Gasteiger partial charge in [0.2, 0.25) is 0 Å². The Morgan fingerprint density at radius 1 is 1.58 bits per heavy atom. The van der Waals surface area contributed by atoms with Crippen LogP contribution in [0.2, 0.25) is 0 Å². The highest BCUT2D eigenvalue weighted by atomic mass is 16.4. The van der Waals surface area contributed by atoms with Gasteiger partial charge in [-0.1, -0.05) is 11.8 Å². The molecular formula is C13H12N4O2. The lowest BCUT2D eigenvalue weighted by atomic mass is 10.1. The number of carbonyl (C=O) groups excluding carboxylic acids is 1. The Bertz CT molecular complexity index is 652. The van der Waals surface area contributed by atoms with Crippen molar-refractivity contribution in [3.8, 4) is 11.8 Å². The summed E-state index contributed by atoms with van der Waals surface area (Å²) in [7, 11) is 0. The highest BCUT2D eigenvalue weighted by Crippen LogP contribution is 2.11. The van der Waals surface area contributed by atoms with E-state index < -0.39 is 0 Å². The molecular weight excluding hydrogens is 244 g/mol. The van der Waals surface area contributed by atoms with E-state index in [1.165, 1.54) is 18.7 Å². The fourth-order valence-electron chi connectivity index (χ4n) is 1.41. The molecule has 0 atom stereocenters. The molecule has 6 heteroatoms. The fourth-order valence-corrected chi connectivity index (χ4v) is 1.41. The number of rotatable bonds is 2. The molecule has 2 rings (SSSR count). The summed E-state index contributed by atoms with van der Waals surface area (Å²) in [6.45, 7) is 1.98. The summed E-state index contributed by atoms with van der Waals surface area (Å²) in [6.07, 6.45) is 4.49. The van der Waals surface area contributed by atoms with Crippen molar-refractivity contribution in [2.45, 2.75) is 6.92 Å². The van der Waals surface area contributed by atoms with Crippen LogP contribution in [0.3, 0.4) is 0 Å². The maximum atomic E-state index is 12.1. The minimum atomic E-state index is -0.356. The minimum absolute atomic E-state index is 0.150. The lowest BCUT2D eigenvalue weighted by Gasteiger charge is -2.02. The Morgan fingerprint density at radius 3 is 3.11 bits per heavy atom. The molecule has 2 heterocycles. The van der Waals surface area contributed by atoms with Crippen molar-refractivity contribution in [3.63, 3.8) is 0 Å². The summed E-state index contributed by atoms with van der Waals surface area (Å²) >= 11 is 0. The van der Waals surface area contributed by atoms with Crippen LogP contribution in [0.4, 0.5) is 6.01 Å². The molecule has 0 aliphatic carbocycles. The zero-order valence-electron chi connectivity index (χ0n) is 10.3. The van der Waals surface area contributed by atoms with E-state index in [1.807, 2.05) is 0 Å². The van der Waals surface area contributed by atoms with Gasteiger partial charge in [0.15, 0.2) is 0 Å². The van der Waals surface area contributed by atoms with Gasteiger partial charge in [0, 0.05) is 12.4 Å². The normalized spacial score (nSPS) is 9.58. The van der Waals surface area contributed by atoms with Gasteiger partial charge in [0.05, 0.1) is 23.4 Å². The number of nitrogens with two attached hydrogens (primary N) is 1. The molecule has 19 heavy (non-hydrogen) atoms. The topological polar surface area (TPSA) is 94.0 Å². The second kappa shape index (κ2) is 5.80. The van der Waals surface area contributed by atoms with Gasteiger partial charge in [0.1, 0.15) is 6.26 Å². The Labute approximate surface area is 110 Å². The van der Waals surface area contributed by atoms with Crippen molar-refractivity contribution in [1.82, 2.24) is 9.97 Å². The molecule has 0 aromatic carbocycles. The molecule has 6 nitrogen and oxygen atoms in total. The first-order valence-corrected chi connectivity index (χ1v) is 5.57. The monoisotopic (exact) mass is 256 g/mol. The first kappa shape index (κ1) is 12.8. The van der Waals surface area contributed by atoms with Gasteiger partial charge in [-0.15, -0.1) is 0 Å². The summed E-state index contributed by atoms with van der Waals surface area (Å²) in [5.41, 5.74) is 6.90. The SMILES string of the molecule is Cc1coc(NC(=O)c2ccncc2C#CCN)n1. The van der Waals surface area contributed by atoms with E-state index in [0.717, 1.165) is 0 Å². The van der Waals surface area contributed by atoms with Gasteiger partial charge >= 0.3 is 6.01 Å². The molecule has 0 unspecified atom stereocenters. The van der Waals surface area contributed by atoms with Crippen LogP contribution in [0.25, 0.3) is 0 Å². The van der Waals surface area contributed by atoms with E-state index in [1.54, 1.807) is 13.0 Å². The minimum Gasteiger partial charge on any atom is -0.432 e. The van der Waals surface area contributed by atoms with Crippen LogP contribution in [0.5, 0.6) is 0 Å². The lowest BCUT2D eigenvalue weighted by molar-refractivity contribution is 0.102. The van der Waals surface area contributed by atoms with Gasteiger partial charge in [-0.3, -0.25) is 15.1 Å². The van der Waals surface area contributed by atoms with Crippen molar-refractivity contribution < 1.29 is 9.21 Å². The maximum absolute atomic E-state index is 12.1. The van der Waals surface area contributed by atoms with E-state index in [4.69, 9.17) is 10.2 Å². The number of nitrogens with one attached hydrogen (secondary N) is 1. The highest BCUT2D eigenvalue weighted by molar-refractivity contribution is 6.04. The summed E-state index contributed by atoms with van der Waals surface area (Å²) in [6, 6.07) is 1.73. The van der Waals surface area contributed by atoms with E-state index in [-0.39, 0.29) is 18.5 Å². The summed E-state index contributed by atoms with van der Waals surface area (Å²) in [5.74, 6) is 5.13. The number of carbonyl (C=O) groups is 1. The molecule has 96 valence electrons. The highest BCUT2D eigenvalue weighted by Gasteiger charge is 2.12. The zero-order valence-corrected chi connectivity index (χ0v) is 10.3.